The molecule has 2 nitrogen and oxygen atoms in total. The third-order valence-corrected chi connectivity index (χ3v) is 4.48. The second-order valence-electron chi connectivity index (χ2n) is 5.97. The van der Waals surface area contributed by atoms with Crippen molar-refractivity contribution >= 4 is 17.5 Å². The van der Waals surface area contributed by atoms with Gasteiger partial charge in [0, 0.05) is 5.56 Å². The Balaban J connectivity index is 1.85. The molecule has 0 spiro atoms. The van der Waals surface area contributed by atoms with Gasteiger partial charge in [-0.05, 0) is 55.5 Å². The molecule has 0 atom stereocenters. The molecule has 1 aliphatic rings. The molecule has 0 heterocycles. The van der Waals surface area contributed by atoms with Crippen LogP contribution in [0.25, 0.3) is 5.57 Å². The normalized spacial score (nSPS) is 14.5. The average Bonchev–Trinajstić information content (AvgIpc) is 2.89. The number of benzene rings is 2. The average molecular weight is 302 g/mol. The van der Waals surface area contributed by atoms with Gasteiger partial charge in [-0.3, -0.25) is 5.43 Å². The standard InChI is InChI=1S/C21H22N2/c1-15-12-13-19(17(15)3)20-10-6-5-9-18(20)14-22-23-21-11-7-4-8-16(21)2/h4-12,14,23H,13H2,1-3H3. The second kappa shape index (κ2) is 6.66. The molecule has 2 aromatic carbocycles. The Morgan fingerprint density at radius 1 is 0.957 bits per heavy atom. The highest BCUT2D eigenvalue weighted by Gasteiger charge is 2.14. The van der Waals surface area contributed by atoms with Crippen molar-refractivity contribution < 1.29 is 0 Å². The van der Waals surface area contributed by atoms with E-state index in [1.165, 1.54) is 27.8 Å². The van der Waals surface area contributed by atoms with E-state index in [1.807, 2.05) is 24.4 Å². The maximum Gasteiger partial charge on any atom is 0.0590 e. The summed E-state index contributed by atoms with van der Waals surface area (Å²) in [6.07, 6.45) is 5.22. The fraction of sp³-hybridized carbons (Fsp3) is 0.190. The first-order valence-corrected chi connectivity index (χ1v) is 7.98. The Morgan fingerprint density at radius 2 is 1.70 bits per heavy atom. The lowest BCUT2D eigenvalue weighted by Gasteiger charge is -2.09. The number of hydrogen-bond donors (Lipinski definition) is 1. The SMILES string of the molecule is CC1=CCC(c2ccccc2C=NNc2ccccc2C)=C1C. The highest BCUT2D eigenvalue weighted by Crippen LogP contribution is 2.34. The topological polar surface area (TPSA) is 24.4 Å². The fourth-order valence-electron chi connectivity index (χ4n) is 2.87. The summed E-state index contributed by atoms with van der Waals surface area (Å²) in [5, 5.41) is 4.43. The summed E-state index contributed by atoms with van der Waals surface area (Å²) in [4.78, 5) is 0. The van der Waals surface area contributed by atoms with Crippen LogP contribution in [-0.2, 0) is 0 Å². The van der Waals surface area contributed by atoms with Crippen LogP contribution in [0.1, 0.15) is 37.0 Å². The molecule has 2 aromatic rings. The van der Waals surface area contributed by atoms with E-state index >= 15 is 0 Å². The molecule has 0 fully saturated rings. The smallest absolute Gasteiger partial charge is 0.0590 e. The molecular weight excluding hydrogens is 280 g/mol. The van der Waals surface area contributed by atoms with Crippen LogP contribution in [0.4, 0.5) is 5.69 Å². The van der Waals surface area contributed by atoms with Crippen LogP contribution >= 0.6 is 0 Å². The summed E-state index contributed by atoms with van der Waals surface area (Å²) in [7, 11) is 0. The molecule has 0 saturated carbocycles. The summed E-state index contributed by atoms with van der Waals surface area (Å²) >= 11 is 0. The first-order valence-electron chi connectivity index (χ1n) is 7.98. The molecule has 1 N–H and O–H groups in total. The predicted molar refractivity (Wildman–Crippen MR) is 99.8 cm³/mol. The number of hydrogen-bond acceptors (Lipinski definition) is 2. The van der Waals surface area contributed by atoms with Gasteiger partial charge >= 0.3 is 0 Å². The number of anilines is 1. The monoisotopic (exact) mass is 302 g/mol. The number of aryl methyl sites for hydroxylation is 1. The van der Waals surface area contributed by atoms with Crippen molar-refractivity contribution in [3.63, 3.8) is 0 Å². The number of para-hydroxylation sites is 1. The van der Waals surface area contributed by atoms with Gasteiger partial charge in [-0.2, -0.15) is 5.10 Å². The van der Waals surface area contributed by atoms with E-state index in [0.29, 0.717) is 0 Å². The Kier molecular flexibility index (Phi) is 4.42. The number of allylic oxidation sites excluding steroid dienone is 4. The quantitative estimate of drug-likeness (QED) is 0.580. The minimum atomic E-state index is 1.01. The largest absolute Gasteiger partial charge is 0.278 e. The first kappa shape index (κ1) is 15.3. The molecule has 0 radical (unpaired) electrons. The number of nitrogens with one attached hydrogen (secondary N) is 1. The maximum absolute atomic E-state index is 4.43. The molecule has 1 aliphatic carbocycles. The van der Waals surface area contributed by atoms with Gasteiger partial charge in [0.05, 0.1) is 11.9 Å². The van der Waals surface area contributed by atoms with Crippen LogP contribution in [0.2, 0.25) is 0 Å². The zero-order valence-corrected chi connectivity index (χ0v) is 13.9. The first-order chi connectivity index (χ1) is 11.2. The Labute approximate surface area is 138 Å². The van der Waals surface area contributed by atoms with Gasteiger partial charge in [-0.15, -0.1) is 0 Å². The molecule has 116 valence electrons. The Hall–Kier alpha value is -2.61. The molecule has 23 heavy (non-hydrogen) atoms. The molecule has 0 aromatic heterocycles. The van der Waals surface area contributed by atoms with Gasteiger partial charge in [0.1, 0.15) is 0 Å². The van der Waals surface area contributed by atoms with E-state index in [9.17, 15) is 0 Å². The van der Waals surface area contributed by atoms with Crippen molar-refractivity contribution in [1.82, 2.24) is 0 Å². The van der Waals surface area contributed by atoms with Gasteiger partial charge in [0.25, 0.3) is 0 Å². The lowest BCUT2D eigenvalue weighted by atomic mass is 9.96. The maximum atomic E-state index is 4.43. The van der Waals surface area contributed by atoms with E-state index in [4.69, 9.17) is 0 Å². The van der Waals surface area contributed by atoms with Gasteiger partial charge < -0.3 is 0 Å². The minimum absolute atomic E-state index is 1.01. The minimum Gasteiger partial charge on any atom is -0.278 e. The highest BCUT2D eigenvalue weighted by molar-refractivity contribution is 5.91. The summed E-state index contributed by atoms with van der Waals surface area (Å²) in [5.41, 5.74) is 11.9. The van der Waals surface area contributed by atoms with Crippen LogP contribution < -0.4 is 5.43 Å². The highest BCUT2D eigenvalue weighted by atomic mass is 15.3. The second-order valence-corrected chi connectivity index (χ2v) is 5.97. The molecular formula is C21H22N2. The lowest BCUT2D eigenvalue weighted by Crippen LogP contribution is -1.96. The van der Waals surface area contributed by atoms with Crippen LogP contribution in [-0.4, -0.2) is 6.21 Å². The lowest BCUT2D eigenvalue weighted by molar-refractivity contribution is 1.31. The van der Waals surface area contributed by atoms with Crippen LogP contribution in [0.3, 0.4) is 0 Å². The molecule has 0 amide bonds. The third kappa shape index (κ3) is 3.26. The van der Waals surface area contributed by atoms with Crippen molar-refractivity contribution in [3.05, 3.63) is 82.4 Å². The van der Waals surface area contributed by atoms with Gasteiger partial charge in [-0.1, -0.05) is 54.1 Å². The molecule has 0 saturated heterocycles. The van der Waals surface area contributed by atoms with Gasteiger partial charge in [0.2, 0.25) is 0 Å². The number of hydrazone groups is 1. The number of nitrogens with zero attached hydrogens (tertiary/aromatic N) is 1. The van der Waals surface area contributed by atoms with Gasteiger partial charge in [0.15, 0.2) is 0 Å². The zero-order valence-electron chi connectivity index (χ0n) is 13.9. The molecule has 0 bridgehead atoms. The Bertz CT molecular complexity index is 810. The van der Waals surface area contributed by atoms with Crippen molar-refractivity contribution in [2.75, 3.05) is 5.43 Å². The Morgan fingerprint density at radius 3 is 2.43 bits per heavy atom. The van der Waals surface area contributed by atoms with E-state index in [1.54, 1.807) is 0 Å². The molecule has 0 unspecified atom stereocenters. The summed E-state index contributed by atoms with van der Waals surface area (Å²) < 4.78 is 0. The summed E-state index contributed by atoms with van der Waals surface area (Å²) in [5.74, 6) is 0. The molecule has 0 aliphatic heterocycles. The zero-order chi connectivity index (χ0) is 16.2. The third-order valence-electron chi connectivity index (χ3n) is 4.48. The predicted octanol–water partition coefficient (Wildman–Crippen LogP) is 5.56. The van der Waals surface area contributed by atoms with Gasteiger partial charge in [-0.25, -0.2) is 0 Å². The fourth-order valence-corrected chi connectivity index (χ4v) is 2.87. The summed E-state index contributed by atoms with van der Waals surface area (Å²) in [6.45, 7) is 6.46. The number of rotatable bonds is 4. The molecule has 3 rings (SSSR count). The van der Waals surface area contributed by atoms with E-state index in [2.05, 4.69) is 67.7 Å². The van der Waals surface area contributed by atoms with Crippen molar-refractivity contribution in [3.8, 4) is 0 Å². The van der Waals surface area contributed by atoms with E-state index < -0.39 is 0 Å². The van der Waals surface area contributed by atoms with E-state index in [0.717, 1.165) is 17.7 Å². The molecule has 2 heteroatoms. The van der Waals surface area contributed by atoms with E-state index in [-0.39, 0.29) is 0 Å². The van der Waals surface area contributed by atoms with Crippen LogP contribution in [0.5, 0.6) is 0 Å². The van der Waals surface area contributed by atoms with Crippen molar-refractivity contribution in [2.24, 2.45) is 5.10 Å². The van der Waals surface area contributed by atoms with Crippen molar-refractivity contribution in [1.29, 1.82) is 0 Å². The van der Waals surface area contributed by atoms with Crippen LogP contribution in [0.15, 0.2) is 70.9 Å². The van der Waals surface area contributed by atoms with Crippen molar-refractivity contribution in [2.45, 2.75) is 27.2 Å². The summed E-state index contributed by atoms with van der Waals surface area (Å²) in [6, 6.07) is 16.6. The van der Waals surface area contributed by atoms with Crippen LogP contribution in [0, 0.1) is 6.92 Å².